The maximum absolute atomic E-state index is 9.06. The molecule has 0 aliphatic rings. The maximum atomic E-state index is 9.06. The van der Waals surface area contributed by atoms with Crippen LogP contribution in [0, 0.1) is 6.92 Å². The number of hydrogen-bond acceptors (Lipinski definition) is 5. The predicted molar refractivity (Wildman–Crippen MR) is 76.6 cm³/mol. The molecule has 0 spiro atoms. The summed E-state index contributed by atoms with van der Waals surface area (Å²) < 4.78 is 0. The van der Waals surface area contributed by atoms with Crippen molar-refractivity contribution >= 4 is 39.0 Å². The monoisotopic (exact) mass is 285 g/mol. The van der Waals surface area contributed by atoms with Crippen molar-refractivity contribution in [2.75, 3.05) is 11.9 Å². The molecule has 0 bridgehead atoms. The van der Waals surface area contributed by atoms with E-state index in [0.717, 1.165) is 16.0 Å². The van der Waals surface area contributed by atoms with Crippen LogP contribution in [0.2, 0.25) is 5.28 Å². The third-order valence-electron chi connectivity index (χ3n) is 2.68. The van der Waals surface area contributed by atoms with Crippen LogP contribution in [0.3, 0.4) is 0 Å². The first kappa shape index (κ1) is 13.5. The number of aliphatic hydroxyl groups excluding tert-OH is 1. The number of rotatable bonds is 4. The molecule has 2 aromatic rings. The molecule has 0 radical (unpaired) electrons. The molecular formula is C12H16ClN3OS. The molecule has 4 nitrogen and oxygen atoms in total. The molecular weight excluding hydrogens is 270 g/mol. The van der Waals surface area contributed by atoms with Gasteiger partial charge in [-0.05, 0) is 44.9 Å². The Balaban J connectivity index is 2.43. The topological polar surface area (TPSA) is 58.0 Å². The quantitative estimate of drug-likeness (QED) is 0.847. The van der Waals surface area contributed by atoms with Crippen molar-refractivity contribution in [3.63, 3.8) is 0 Å². The lowest BCUT2D eigenvalue weighted by Crippen LogP contribution is -2.32. The molecule has 0 amide bonds. The van der Waals surface area contributed by atoms with E-state index in [-0.39, 0.29) is 17.4 Å². The summed E-state index contributed by atoms with van der Waals surface area (Å²) in [5, 5.41) is 13.6. The molecule has 18 heavy (non-hydrogen) atoms. The normalized spacial score (nSPS) is 12.1. The molecule has 0 aliphatic carbocycles. The fraction of sp³-hybridized carbons (Fsp3) is 0.500. The van der Waals surface area contributed by atoms with Crippen molar-refractivity contribution in [3.8, 4) is 0 Å². The number of halogens is 1. The van der Waals surface area contributed by atoms with E-state index in [2.05, 4.69) is 15.3 Å². The standard InChI is InChI=1S/C12H16ClN3OS/c1-7-6-8-9(16-12(2,3)4-5-17)14-11(13)15-10(8)18-7/h6,17H,4-5H2,1-3H3,(H,14,15,16). The Morgan fingerprint density at radius 2 is 2.17 bits per heavy atom. The van der Waals surface area contributed by atoms with Gasteiger partial charge in [0.25, 0.3) is 0 Å². The lowest BCUT2D eigenvalue weighted by Gasteiger charge is -2.26. The highest BCUT2D eigenvalue weighted by Crippen LogP contribution is 2.31. The zero-order valence-electron chi connectivity index (χ0n) is 10.6. The minimum atomic E-state index is -0.241. The van der Waals surface area contributed by atoms with Gasteiger partial charge in [-0.3, -0.25) is 0 Å². The van der Waals surface area contributed by atoms with Crippen LogP contribution >= 0.6 is 22.9 Å². The van der Waals surface area contributed by atoms with E-state index < -0.39 is 0 Å². The predicted octanol–water partition coefficient (Wildman–Crippen LogP) is 3.23. The molecule has 0 unspecified atom stereocenters. The number of aryl methyl sites for hydroxylation is 1. The summed E-state index contributed by atoms with van der Waals surface area (Å²) in [5.41, 5.74) is -0.241. The minimum absolute atomic E-state index is 0.130. The van der Waals surface area contributed by atoms with Gasteiger partial charge in [0, 0.05) is 17.0 Å². The molecule has 0 fully saturated rings. The van der Waals surface area contributed by atoms with E-state index >= 15 is 0 Å². The van der Waals surface area contributed by atoms with Gasteiger partial charge in [0.05, 0.1) is 5.39 Å². The van der Waals surface area contributed by atoms with Crippen LogP contribution in [-0.2, 0) is 0 Å². The third-order valence-corrected chi connectivity index (χ3v) is 3.80. The second kappa shape index (κ2) is 4.99. The summed E-state index contributed by atoms with van der Waals surface area (Å²) in [6.45, 7) is 6.20. The van der Waals surface area contributed by atoms with Crippen LogP contribution in [0.25, 0.3) is 10.2 Å². The van der Waals surface area contributed by atoms with Gasteiger partial charge in [-0.1, -0.05) is 0 Å². The Labute approximate surface area is 115 Å². The molecule has 0 atom stereocenters. The van der Waals surface area contributed by atoms with Gasteiger partial charge in [-0.15, -0.1) is 11.3 Å². The summed E-state index contributed by atoms with van der Waals surface area (Å²) in [4.78, 5) is 10.5. The number of fused-ring (bicyclic) bond motifs is 1. The average Bonchev–Trinajstić information content (AvgIpc) is 2.57. The van der Waals surface area contributed by atoms with E-state index in [1.807, 2.05) is 26.8 Å². The third kappa shape index (κ3) is 2.91. The van der Waals surface area contributed by atoms with Crippen molar-refractivity contribution in [1.29, 1.82) is 0 Å². The number of nitrogens with zero attached hydrogens (tertiary/aromatic N) is 2. The van der Waals surface area contributed by atoms with Gasteiger partial charge in [0.1, 0.15) is 10.6 Å². The highest BCUT2D eigenvalue weighted by molar-refractivity contribution is 7.18. The Morgan fingerprint density at radius 1 is 1.44 bits per heavy atom. The highest BCUT2D eigenvalue weighted by Gasteiger charge is 2.20. The van der Waals surface area contributed by atoms with Crippen LogP contribution in [0.5, 0.6) is 0 Å². The maximum Gasteiger partial charge on any atom is 0.225 e. The number of aliphatic hydroxyl groups is 1. The average molecular weight is 286 g/mol. The first-order chi connectivity index (χ1) is 8.41. The van der Waals surface area contributed by atoms with Crippen molar-refractivity contribution < 1.29 is 5.11 Å². The van der Waals surface area contributed by atoms with E-state index in [1.54, 1.807) is 11.3 Å². The SMILES string of the molecule is Cc1cc2c(NC(C)(C)CCO)nc(Cl)nc2s1. The van der Waals surface area contributed by atoms with E-state index in [1.165, 1.54) is 4.88 Å². The molecule has 0 saturated heterocycles. The smallest absolute Gasteiger partial charge is 0.225 e. The molecule has 0 aliphatic heterocycles. The van der Waals surface area contributed by atoms with Crippen LogP contribution in [0.4, 0.5) is 5.82 Å². The molecule has 0 saturated carbocycles. The largest absolute Gasteiger partial charge is 0.396 e. The molecule has 2 aromatic heterocycles. The Hall–Kier alpha value is -0.910. The van der Waals surface area contributed by atoms with Crippen LogP contribution in [0.1, 0.15) is 25.1 Å². The Kier molecular flexibility index (Phi) is 3.75. The van der Waals surface area contributed by atoms with Crippen LogP contribution < -0.4 is 5.32 Å². The molecule has 6 heteroatoms. The zero-order chi connectivity index (χ0) is 13.3. The van der Waals surface area contributed by atoms with Crippen LogP contribution in [0.15, 0.2) is 6.07 Å². The fourth-order valence-corrected chi connectivity index (χ4v) is 2.87. The van der Waals surface area contributed by atoms with Crippen molar-refractivity contribution in [2.24, 2.45) is 0 Å². The van der Waals surface area contributed by atoms with Gasteiger partial charge in [0.15, 0.2) is 0 Å². The summed E-state index contributed by atoms with van der Waals surface area (Å²) in [6, 6.07) is 2.05. The van der Waals surface area contributed by atoms with E-state index in [0.29, 0.717) is 6.42 Å². The van der Waals surface area contributed by atoms with Gasteiger partial charge >= 0.3 is 0 Å². The number of anilines is 1. The highest BCUT2D eigenvalue weighted by atomic mass is 35.5. The van der Waals surface area contributed by atoms with Gasteiger partial charge in [-0.25, -0.2) is 9.97 Å². The molecule has 0 aromatic carbocycles. The number of nitrogens with one attached hydrogen (secondary N) is 1. The summed E-state index contributed by atoms with van der Waals surface area (Å²) in [6.07, 6.45) is 0.638. The second-order valence-corrected chi connectivity index (χ2v) is 6.47. The lowest BCUT2D eigenvalue weighted by atomic mass is 10.0. The molecule has 2 rings (SSSR count). The second-order valence-electron chi connectivity index (χ2n) is 4.90. The molecule has 98 valence electrons. The summed E-state index contributed by atoms with van der Waals surface area (Å²) in [5.74, 6) is 0.729. The number of hydrogen-bond donors (Lipinski definition) is 2. The molecule has 2 N–H and O–H groups in total. The van der Waals surface area contributed by atoms with Gasteiger partial charge in [-0.2, -0.15) is 0 Å². The fourth-order valence-electron chi connectivity index (χ4n) is 1.77. The van der Waals surface area contributed by atoms with Crippen molar-refractivity contribution in [3.05, 3.63) is 16.2 Å². The Morgan fingerprint density at radius 3 is 2.83 bits per heavy atom. The zero-order valence-corrected chi connectivity index (χ0v) is 12.2. The number of thiophene rings is 1. The lowest BCUT2D eigenvalue weighted by molar-refractivity contribution is 0.260. The summed E-state index contributed by atoms with van der Waals surface area (Å²) in [7, 11) is 0. The first-order valence-electron chi connectivity index (χ1n) is 5.74. The number of aromatic nitrogens is 2. The van der Waals surface area contributed by atoms with Gasteiger partial charge < -0.3 is 10.4 Å². The van der Waals surface area contributed by atoms with Gasteiger partial charge in [0.2, 0.25) is 5.28 Å². The van der Waals surface area contributed by atoms with Crippen molar-refractivity contribution in [1.82, 2.24) is 9.97 Å². The first-order valence-corrected chi connectivity index (χ1v) is 6.93. The summed E-state index contributed by atoms with van der Waals surface area (Å²) >= 11 is 7.53. The van der Waals surface area contributed by atoms with Crippen molar-refractivity contribution in [2.45, 2.75) is 32.7 Å². The van der Waals surface area contributed by atoms with E-state index in [4.69, 9.17) is 16.7 Å². The van der Waals surface area contributed by atoms with Crippen LogP contribution in [-0.4, -0.2) is 27.2 Å². The minimum Gasteiger partial charge on any atom is -0.396 e. The Bertz CT molecular complexity index is 568. The van der Waals surface area contributed by atoms with E-state index in [9.17, 15) is 0 Å². The molecule has 2 heterocycles.